The van der Waals surface area contributed by atoms with Gasteiger partial charge in [0.05, 0.1) is 5.71 Å². The van der Waals surface area contributed by atoms with Crippen LogP contribution in [0.3, 0.4) is 0 Å². The van der Waals surface area contributed by atoms with Gasteiger partial charge in [-0.05, 0) is 29.8 Å². The highest BCUT2D eigenvalue weighted by molar-refractivity contribution is 6.04. The van der Waals surface area contributed by atoms with Gasteiger partial charge in [-0.15, -0.1) is 0 Å². The largest absolute Gasteiger partial charge is 0.484 e. The summed E-state index contributed by atoms with van der Waals surface area (Å²) in [6, 6.07) is 7.12. The Bertz CT molecular complexity index is 510. The van der Waals surface area contributed by atoms with Crippen molar-refractivity contribution in [3.8, 4) is 5.75 Å². The van der Waals surface area contributed by atoms with E-state index in [0.717, 1.165) is 11.3 Å². The van der Waals surface area contributed by atoms with E-state index in [1.54, 1.807) is 12.1 Å². The number of carbonyl (C=O) groups excluding carboxylic acids is 2. The summed E-state index contributed by atoms with van der Waals surface area (Å²) in [5.74, 6) is 5.03. The number of amides is 2. The molecular formula is C12H14N4O3. The van der Waals surface area contributed by atoms with Crippen molar-refractivity contribution in [3.63, 3.8) is 0 Å². The number of nitrogens with one attached hydrogen (secondary N) is 2. The zero-order valence-corrected chi connectivity index (χ0v) is 10.2. The number of rotatable bonds is 4. The minimum Gasteiger partial charge on any atom is -0.484 e. The van der Waals surface area contributed by atoms with Crippen LogP contribution in [0.4, 0.5) is 0 Å². The molecule has 7 heteroatoms. The van der Waals surface area contributed by atoms with E-state index in [9.17, 15) is 9.59 Å². The Morgan fingerprint density at radius 1 is 1.37 bits per heavy atom. The standard InChI is InChI=1S/C12H14N4O3/c13-14-12(18)7-19-9-3-1-8(2-4-9)10-5-6-11(17)16-15-10/h1-4H,5-7,13H2,(H,14,18)(H,16,17). The summed E-state index contributed by atoms with van der Waals surface area (Å²) in [4.78, 5) is 21.9. The molecule has 0 aliphatic carbocycles. The number of hydrogen-bond donors (Lipinski definition) is 3. The molecule has 2 rings (SSSR count). The van der Waals surface area contributed by atoms with Crippen molar-refractivity contribution in [2.45, 2.75) is 12.8 Å². The Morgan fingerprint density at radius 2 is 2.11 bits per heavy atom. The maximum Gasteiger partial charge on any atom is 0.271 e. The van der Waals surface area contributed by atoms with Gasteiger partial charge in [-0.3, -0.25) is 15.0 Å². The Morgan fingerprint density at radius 3 is 2.68 bits per heavy atom. The Kier molecular flexibility index (Phi) is 4.09. The van der Waals surface area contributed by atoms with E-state index in [-0.39, 0.29) is 12.5 Å². The highest BCUT2D eigenvalue weighted by Crippen LogP contribution is 2.15. The van der Waals surface area contributed by atoms with Gasteiger partial charge in [0, 0.05) is 12.8 Å². The lowest BCUT2D eigenvalue weighted by atomic mass is 10.0. The number of benzene rings is 1. The first-order chi connectivity index (χ1) is 9.19. The topological polar surface area (TPSA) is 106 Å². The summed E-state index contributed by atoms with van der Waals surface area (Å²) in [5, 5.41) is 3.99. The molecule has 7 nitrogen and oxygen atoms in total. The molecule has 0 aromatic heterocycles. The molecule has 0 fully saturated rings. The quantitative estimate of drug-likeness (QED) is 0.392. The highest BCUT2D eigenvalue weighted by Gasteiger charge is 2.13. The van der Waals surface area contributed by atoms with Gasteiger partial charge < -0.3 is 4.74 Å². The average Bonchev–Trinajstić information content (AvgIpc) is 2.46. The van der Waals surface area contributed by atoms with Crippen LogP contribution in [-0.2, 0) is 9.59 Å². The molecule has 4 N–H and O–H groups in total. The summed E-state index contributed by atoms with van der Waals surface area (Å²) in [6.07, 6.45) is 1.05. The molecule has 0 radical (unpaired) electrons. The molecule has 0 saturated carbocycles. The summed E-state index contributed by atoms with van der Waals surface area (Å²) in [6.45, 7) is -0.132. The third kappa shape index (κ3) is 3.52. The van der Waals surface area contributed by atoms with Gasteiger partial charge in [-0.1, -0.05) is 0 Å². The molecule has 1 aromatic carbocycles. The molecule has 0 bridgehead atoms. The number of ether oxygens (including phenoxy) is 1. The van der Waals surface area contributed by atoms with Gasteiger partial charge in [0.25, 0.3) is 5.91 Å². The SMILES string of the molecule is NNC(=O)COc1ccc(C2=NNC(=O)CC2)cc1. The van der Waals surface area contributed by atoms with Gasteiger partial charge in [0.2, 0.25) is 5.91 Å². The van der Waals surface area contributed by atoms with Crippen LogP contribution < -0.4 is 21.4 Å². The number of hydrazine groups is 1. The maximum absolute atomic E-state index is 11.0. The highest BCUT2D eigenvalue weighted by atomic mass is 16.5. The second-order valence-electron chi connectivity index (χ2n) is 3.97. The van der Waals surface area contributed by atoms with Crippen LogP contribution in [-0.4, -0.2) is 24.1 Å². The predicted molar refractivity (Wildman–Crippen MR) is 68.2 cm³/mol. The number of nitrogens with zero attached hydrogens (tertiary/aromatic N) is 1. The molecule has 2 amide bonds. The summed E-state index contributed by atoms with van der Waals surface area (Å²) < 4.78 is 5.22. The normalized spacial score (nSPS) is 14.4. The molecule has 0 spiro atoms. The maximum atomic E-state index is 11.0. The smallest absolute Gasteiger partial charge is 0.271 e. The van der Waals surface area contributed by atoms with Gasteiger partial charge in [-0.2, -0.15) is 5.10 Å². The lowest BCUT2D eigenvalue weighted by Crippen LogP contribution is -2.34. The monoisotopic (exact) mass is 262 g/mol. The first-order valence-electron chi connectivity index (χ1n) is 5.77. The molecular weight excluding hydrogens is 248 g/mol. The van der Waals surface area contributed by atoms with Crippen LogP contribution in [0.15, 0.2) is 29.4 Å². The van der Waals surface area contributed by atoms with Gasteiger partial charge in [0.15, 0.2) is 6.61 Å². The molecule has 1 aromatic rings. The molecule has 1 aliphatic heterocycles. The lowest BCUT2D eigenvalue weighted by Gasteiger charge is -2.12. The molecule has 0 unspecified atom stereocenters. The van der Waals surface area contributed by atoms with Crippen LogP contribution >= 0.6 is 0 Å². The van der Waals surface area contributed by atoms with Gasteiger partial charge >= 0.3 is 0 Å². The Balaban J connectivity index is 1.98. The average molecular weight is 262 g/mol. The van der Waals surface area contributed by atoms with E-state index < -0.39 is 5.91 Å². The third-order valence-corrected chi connectivity index (χ3v) is 2.62. The summed E-state index contributed by atoms with van der Waals surface area (Å²) >= 11 is 0. The molecule has 100 valence electrons. The lowest BCUT2D eigenvalue weighted by molar-refractivity contribution is -0.123. The van der Waals surface area contributed by atoms with Crippen molar-refractivity contribution < 1.29 is 14.3 Å². The van der Waals surface area contributed by atoms with Crippen molar-refractivity contribution >= 4 is 17.5 Å². The molecule has 1 heterocycles. The van der Waals surface area contributed by atoms with Crippen LogP contribution in [0, 0.1) is 0 Å². The minimum absolute atomic E-state index is 0.0727. The number of carbonyl (C=O) groups is 2. The van der Waals surface area contributed by atoms with E-state index in [2.05, 4.69) is 10.5 Å². The fourth-order valence-corrected chi connectivity index (χ4v) is 1.62. The summed E-state index contributed by atoms with van der Waals surface area (Å²) in [5.41, 5.74) is 6.16. The van der Waals surface area contributed by atoms with Crippen molar-refractivity contribution in [1.82, 2.24) is 10.9 Å². The zero-order chi connectivity index (χ0) is 13.7. The summed E-state index contributed by atoms with van der Waals surface area (Å²) in [7, 11) is 0. The molecule has 0 saturated heterocycles. The van der Waals surface area contributed by atoms with Crippen LogP contribution in [0.5, 0.6) is 5.75 Å². The van der Waals surface area contributed by atoms with E-state index in [1.807, 2.05) is 17.6 Å². The van der Waals surface area contributed by atoms with Gasteiger partial charge in [-0.25, -0.2) is 11.3 Å². The Labute approximate surface area is 109 Å². The van der Waals surface area contributed by atoms with Crippen LogP contribution in [0.2, 0.25) is 0 Å². The van der Waals surface area contributed by atoms with E-state index in [1.165, 1.54) is 0 Å². The molecule has 1 aliphatic rings. The third-order valence-electron chi connectivity index (χ3n) is 2.62. The fraction of sp³-hybridized carbons (Fsp3) is 0.250. The number of nitrogens with two attached hydrogens (primary N) is 1. The first-order valence-corrected chi connectivity index (χ1v) is 5.77. The molecule has 19 heavy (non-hydrogen) atoms. The zero-order valence-electron chi connectivity index (χ0n) is 10.2. The van der Waals surface area contributed by atoms with E-state index >= 15 is 0 Å². The fourth-order valence-electron chi connectivity index (χ4n) is 1.62. The van der Waals surface area contributed by atoms with Crippen LogP contribution in [0.1, 0.15) is 18.4 Å². The number of hydrogen-bond acceptors (Lipinski definition) is 5. The van der Waals surface area contributed by atoms with Crippen molar-refractivity contribution in [3.05, 3.63) is 29.8 Å². The predicted octanol–water partition coefficient (Wildman–Crippen LogP) is -0.331. The second-order valence-corrected chi connectivity index (χ2v) is 3.97. The molecule has 0 atom stereocenters. The van der Waals surface area contributed by atoms with Crippen molar-refractivity contribution in [1.29, 1.82) is 0 Å². The van der Waals surface area contributed by atoms with E-state index in [4.69, 9.17) is 10.6 Å². The van der Waals surface area contributed by atoms with Crippen molar-refractivity contribution in [2.24, 2.45) is 10.9 Å². The van der Waals surface area contributed by atoms with E-state index in [0.29, 0.717) is 18.6 Å². The minimum atomic E-state index is -0.400. The van der Waals surface area contributed by atoms with Crippen molar-refractivity contribution in [2.75, 3.05) is 6.61 Å². The Hall–Kier alpha value is -2.41. The van der Waals surface area contributed by atoms with Crippen LogP contribution in [0.25, 0.3) is 0 Å². The number of hydrazone groups is 1. The first kappa shape index (κ1) is 13.0. The second kappa shape index (κ2) is 5.96. The van der Waals surface area contributed by atoms with Gasteiger partial charge in [0.1, 0.15) is 5.75 Å².